The van der Waals surface area contributed by atoms with Crippen molar-refractivity contribution in [1.82, 2.24) is 10.6 Å². The van der Waals surface area contributed by atoms with Gasteiger partial charge in [-0.15, -0.1) is 0 Å². The highest BCUT2D eigenvalue weighted by atomic mass is 32.2. The van der Waals surface area contributed by atoms with Gasteiger partial charge in [0.25, 0.3) is 0 Å². The molecule has 0 bridgehead atoms. The number of aliphatic carboxylic acids is 1. The normalized spacial score (nSPS) is 13.7. The van der Waals surface area contributed by atoms with Gasteiger partial charge in [-0.25, -0.2) is 9.18 Å². The molecule has 2 amide bonds. The molecule has 0 saturated carbocycles. The topological polar surface area (TPSA) is 113 Å². The monoisotopic (exact) mass is 434 g/mol. The number of hydrogen-bond acceptors (Lipinski definition) is 4. The van der Waals surface area contributed by atoms with E-state index in [2.05, 4.69) is 10.6 Å². The van der Waals surface area contributed by atoms with Gasteiger partial charge in [0.15, 0.2) is 0 Å². The average molecular weight is 434 g/mol. The minimum Gasteiger partial charge on any atom is -0.480 e. The van der Waals surface area contributed by atoms with E-state index in [1.165, 1.54) is 31.2 Å². The Morgan fingerprint density at radius 1 is 1.00 bits per heavy atom. The molecule has 0 aliphatic heterocycles. The average Bonchev–Trinajstić information content (AvgIpc) is 2.71. The highest BCUT2D eigenvalue weighted by Gasteiger charge is 2.26. The van der Waals surface area contributed by atoms with Crippen LogP contribution in [0.4, 0.5) is 4.39 Å². The molecule has 0 fully saturated rings. The summed E-state index contributed by atoms with van der Waals surface area (Å²) in [5.41, 5.74) is 0.599. The summed E-state index contributed by atoms with van der Waals surface area (Å²) >= 11 is 0. The molecule has 3 N–H and O–H groups in total. The highest BCUT2D eigenvalue weighted by Crippen LogP contribution is 2.10. The van der Waals surface area contributed by atoms with Gasteiger partial charge < -0.3 is 15.7 Å². The summed E-state index contributed by atoms with van der Waals surface area (Å²) in [5, 5.41) is 14.3. The van der Waals surface area contributed by atoms with Gasteiger partial charge in [-0.3, -0.25) is 13.8 Å². The first-order valence-corrected chi connectivity index (χ1v) is 10.6. The summed E-state index contributed by atoms with van der Waals surface area (Å²) in [7, 11) is -1.41. The Kier molecular flexibility index (Phi) is 8.67. The van der Waals surface area contributed by atoms with Crippen molar-refractivity contribution in [2.45, 2.75) is 36.7 Å². The zero-order chi connectivity index (χ0) is 22.1. The summed E-state index contributed by atoms with van der Waals surface area (Å²) in [6, 6.07) is 11.7. The summed E-state index contributed by atoms with van der Waals surface area (Å²) in [6.07, 6.45) is 0.0138. The molecule has 3 atom stereocenters. The number of halogens is 1. The van der Waals surface area contributed by atoms with Gasteiger partial charge in [0, 0.05) is 24.0 Å². The minimum absolute atomic E-state index is 0.0457. The second-order valence-electron chi connectivity index (χ2n) is 6.63. The molecule has 2 aromatic carbocycles. The van der Waals surface area contributed by atoms with E-state index in [0.717, 1.165) is 0 Å². The van der Waals surface area contributed by atoms with E-state index in [-0.39, 0.29) is 18.6 Å². The van der Waals surface area contributed by atoms with Crippen LogP contribution in [0.3, 0.4) is 0 Å². The van der Waals surface area contributed by atoms with Crippen LogP contribution in [0.5, 0.6) is 0 Å². The van der Waals surface area contributed by atoms with Gasteiger partial charge in [-0.05, 0) is 36.2 Å². The van der Waals surface area contributed by atoms with Crippen LogP contribution in [0.25, 0.3) is 0 Å². The number of carboxylic acids is 1. The lowest BCUT2D eigenvalue weighted by atomic mass is 10.0. The van der Waals surface area contributed by atoms with Gasteiger partial charge in [-0.1, -0.05) is 30.3 Å². The third kappa shape index (κ3) is 7.40. The van der Waals surface area contributed by atoms with Crippen molar-refractivity contribution >= 4 is 28.6 Å². The summed E-state index contributed by atoms with van der Waals surface area (Å²) in [6.45, 7) is 1.24. The minimum atomic E-state index is -1.41. The Morgan fingerprint density at radius 3 is 2.20 bits per heavy atom. The number of carbonyl (C=O) groups is 3. The van der Waals surface area contributed by atoms with Crippen LogP contribution >= 0.6 is 0 Å². The third-order valence-corrected chi connectivity index (χ3v) is 5.66. The Morgan fingerprint density at radius 2 is 1.63 bits per heavy atom. The molecule has 0 spiro atoms. The number of rotatable bonds is 10. The summed E-state index contributed by atoms with van der Waals surface area (Å²) in [5.74, 6) is -2.81. The van der Waals surface area contributed by atoms with Crippen molar-refractivity contribution < 1.29 is 28.1 Å². The van der Waals surface area contributed by atoms with Crippen molar-refractivity contribution in [2.75, 3.05) is 5.75 Å². The Bertz CT molecular complexity index is 905. The first kappa shape index (κ1) is 23.2. The largest absolute Gasteiger partial charge is 0.480 e. The fraction of sp³-hybridized carbons (Fsp3) is 0.286. The zero-order valence-electron chi connectivity index (χ0n) is 16.3. The molecule has 0 unspecified atom stereocenters. The number of amides is 2. The number of carbonyl (C=O) groups excluding carboxylic acids is 2. The molecular weight excluding hydrogens is 411 g/mol. The van der Waals surface area contributed by atoms with Crippen LogP contribution < -0.4 is 10.6 Å². The lowest BCUT2D eigenvalue weighted by Gasteiger charge is -2.21. The molecule has 9 heteroatoms. The van der Waals surface area contributed by atoms with Gasteiger partial charge in [0.05, 0.1) is 10.8 Å². The SMILES string of the molecule is CC(=O)N[C@H](Cc1ccc(F)cc1)C(=O)N[C@H](CC[S@](=O)c1ccccc1)C(=O)O. The smallest absolute Gasteiger partial charge is 0.326 e. The molecule has 2 rings (SSSR count). The van der Waals surface area contributed by atoms with Gasteiger partial charge >= 0.3 is 5.97 Å². The van der Waals surface area contributed by atoms with Crippen LogP contribution in [0.1, 0.15) is 18.9 Å². The van der Waals surface area contributed by atoms with E-state index in [0.29, 0.717) is 10.5 Å². The van der Waals surface area contributed by atoms with Crippen molar-refractivity contribution in [3.63, 3.8) is 0 Å². The van der Waals surface area contributed by atoms with E-state index < -0.39 is 46.5 Å². The standard InChI is InChI=1S/C21H23FN2O5S/c1-14(25)23-19(13-15-7-9-16(22)10-8-15)20(26)24-18(21(27)28)11-12-30(29)17-5-3-2-4-6-17/h2-10,18-19H,11-13H2,1H3,(H,23,25)(H,24,26)(H,27,28)/t18-,19-,30+/m1/s1. The maximum atomic E-state index is 13.1. The predicted octanol–water partition coefficient (Wildman–Crippen LogP) is 1.64. The van der Waals surface area contributed by atoms with Crippen molar-refractivity contribution in [3.8, 4) is 0 Å². The summed E-state index contributed by atoms with van der Waals surface area (Å²) < 4.78 is 25.4. The molecular formula is C21H23FN2O5S. The quantitative estimate of drug-likeness (QED) is 0.526. The molecule has 160 valence electrons. The van der Waals surface area contributed by atoms with E-state index in [9.17, 15) is 28.1 Å². The molecule has 7 nitrogen and oxygen atoms in total. The lowest BCUT2D eigenvalue weighted by molar-refractivity contribution is -0.142. The van der Waals surface area contributed by atoms with Gasteiger partial charge in [-0.2, -0.15) is 0 Å². The fourth-order valence-electron chi connectivity index (χ4n) is 2.76. The van der Waals surface area contributed by atoms with Crippen LogP contribution in [-0.4, -0.2) is 44.9 Å². The van der Waals surface area contributed by atoms with Crippen molar-refractivity contribution in [3.05, 3.63) is 66.0 Å². The molecule has 30 heavy (non-hydrogen) atoms. The first-order chi connectivity index (χ1) is 14.3. The molecule has 0 aliphatic carbocycles. The molecule has 0 aliphatic rings. The van der Waals surface area contributed by atoms with Crippen LogP contribution in [0.2, 0.25) is 0 Å². The lowest BCUT2D eigenvalue weighted by Crippen LogP contribution is -2.52. The van der Waals surface area contributed by atoms with Crippen LogP contribution in [0, 0.1) is 5.82 Å². The van der Waals surface area contributed by atoms with Gasteiger partial charge in [0.1, 0.15) is 17.9 Å². The number of hydrogen-bond donors (Lipinski definition) is 3. The van der Waals surface area contributed by atoms with Crippen molar-refractivity contribution in [1.29, 1.82) is 0 Å². The number of carboxylic acid groups (broad SMARTS) is 1. The third-order valence-electron chi connectivity index (χ3n) is 4.26. The van der Waals surface area contributed by atoms with Crippen LogP contribution in [-0.2, 0) is 31.6 Å². The molecule has 0 saturated heterocycles. The maximum Gasteiger partial charge on any atom is 0.326 e. The zero-order valence-corrected chi connectivity index (χ0v) is 17.2. The Balaban J connectivity index is 2.03. The Hall–Kier alpha value is -3.07. The number of nitrogens with one attached hydrogen (secondary N) is 2. The van der Waals surface area contributed by atoms with E-state index in [4.69, 9.17) is 0 Å². The van der Waals surface area contributed by atoms with Crippen LogP contribution in [0.15, 0.2) is 59.5 Å². The number of benzene rings is 2. The molecule has 0 aromatic heterocycles. The van der Waals surface area contributed by atoms with E-state index in [1.807, 2.05) is 0 Å². The van der Waals surface area contributed by atoms with Gasteiger partial charge in [0.2, 0.25) is 11.8 Å². The first-order valence-electron chi connectivity index (χ1n) is 9.24. The molecule has 0 heterocycles. The van der Waals surface area contributed by atoms with Crippen molar-refractivity contribution in [2.24, 2.45) is 0 Å². The fourth-order valence-corrected chi connectivity index (χ4v) is 3.90. The maximum absolute atomic E-state index is 13.1. The molecule has 2 aromatic rings. The second-order valence-corrected chi connectivity index (χ2v) is 8.21. The van der Waals surface area contributed by atoms with E-state index in [1.54, 1.807) is 30.3 Å². The molecule has 0 radical (unpaired) electrons. The van der Waals surface area contributed by atoms with E-state index >= 15 is 0 Å². The Labute approximate surface area is 176 Å². The summed E-state index contributed by atoms with van der Waals surface area (Å²) in [4.78, 5) is 36.3. The predicted molar refractivity (Wildman–Crippen MR) is 110 cm³/mol. The second kappa shape index (κ2) is 11.2. The highest BCUT2D eigenvalue weighted by molar-refractivity contribution is 7.85.